The molecule has 132 valence electrons. The summed E-state index contributed by atoms with van der Waals surface area (Å²) in [6.45, 7) is 9.94. The highest BCUT2D eigenvalue weighted by Gasteiger charge is 2.34. The van der Waals surface area contributed by atoms with Crippen molar-refractivity contribution in [1.82, 2.24) is 0 Å². The number of rotatable bonds is 4. The van der Waals surface area contributed by atoms with Gasteiger partial charge in [0.1, 0.15) is 6.10 Å². The molecule has 0 aromatic heterocycles. The van der Waals surface area contributed by atoms with Crippen LogP contribution >= 0.6 is 0 Å². The fourth-order valence-electron chi connectivity index (χ4n) is 3.85. The monoisotopic (exact) mass is 332 g/mol. The van der Waals surface area contributed by atoms with Gasteiger partial charge in [-0.2, -0.15) is 0 Å². The lowest BCUT2D eigenvalue weighted by molar-refractivity contribution is -0.0174. The Labute approximate surface area is 144 Å². The van der Waals surface area contributed by atoms with E-state index in [-0.39, 0.29) is 11.7 Å². The Morgan fingerprint density at radius 1 is 1.21 bits per heavy atom. The molecule has 2 rings (SSSR count). The molecule has 3 unspecified atom stereocenters. The van der Waals surface area contributed by atoms with Gasteiger partial charge in [0, 0.05) is 0 Å². The molecule has 1 aromatic rings. The predicted octanol–water partition coefficient (Wildman–Crippen LogP) is 4.62. The molecule has 0 aliphatic heterocycles. The molecule has 4 nitrogen and oxygen atoms in total. The molecule has 0 amide bonds. The Hall–Kier alpha value is -1.84. The minimum Gasteiger partial charge on any atom is -0.478 e. The van der Waals surface area contributed by atoms with Gasteiger partial charge in [0.05, 0.1) is 11.1 Å². The maximum Gasteiger partial charge on any atom is 0.338 e. The molecular formula is C20H28O4. The number of aryl methyl sites for hydroxylation is 1. The second-order valence-corrected chi connectivity index (χ2v) is 7.51. The molecule has 24 heavy (non-hydrogen) atoms. The molecule has 4 heteroatoms. The fraction of sp³-hybridized carbons (Fsp3) is 0.600. The van der Waals surface area contributed by atoms with E-state index >= 15 is 0 Å². The molecule has 0 spiro atoms. The molecule has 0 radical (unpaired) electrons. The van der Waals surface area contributed by atoms with Crippen molar-refractivity contribution in [3.8, 4) is 0 Å². The van der Waals surface area contributed by atoms with Crippen molar-refractivity contribution in [1.29, 1.82) is 0 Å². The topological polar surface area (TPSA) is 63.6 Å². The Morgan fingerprint density at radius 3 is 2.46 bits per heavy atom. The maximum atomic E-state index is 12.7. The van der Waals surface area contributed by atoms with Crippen LogP contribution in [0.15, 0.2) is 12.1 Å². The van der Waals surface area contributed by atoms with E-state index in [0.29, 0.717) is 34.4 Å². The van der Waals surface area contributed by atoms with Gasteiger partial charge in [0.15, 0.2) is 0 Å². The van der Waals surface area contributed by atoms with Gasteiger partial charge in [-0.15, -0.1) is 0 Å². The molecule has 0 bridgehead atoms. The fourth-order valence-corrected chi connectivity index (χ4v) is 3.85. The van der Waals surface area contributed by atoms with Crippen LogP contribution in [0.2, 0.25) is 0 Å². The van der Waals surface area contributed by atoms with Gasteiger partial charge in [-0.05, 0) is 61.6 Å². The predicted molar refractivity (Wildman–Crippen MR) is 93.4 cm³/mol. The summed E-state index contributed by atoms with van der Waals surface area (Å²) in [6.07, 6.45) is 3.04. The average Bonchev–Trinajstić information content (AvgIpc) is 2.46. The molecule has 1 fully saturated rings. The summed E-state index contributed by atoms with van der Waals surface area (Å²) in [5.41, 5.74) is 1.70. The van der Waals surface area contributed by atoms with E-state index in [2.05, 4.69) is 20.8 Å². The average molecular weight is 332 g/mol. The summed E-state index contributed by atoms with van der Waals surface area (Å²) >= 11 is 0. The van der Waals surface area contributed by atoms with Crippen LogP contribution in [0.4, 0.5) is 0 Å². The van der Waals surface area contributed by atoms with Crippen molar-refractivity contribution in [2.75, 3.05) is 0 Å². The lowest BCUT2D eigenvalue weighted by Crippen LogP contribution is -2.36. The first-order valence-corrected chi connectivity index (χ1v) is 8.76. The first-order chi connectivity index (χ1) is 11.2. The van der Waals surface area contributed by atoms with Crippen LogP contribution in [0.3, 0.4) is 0 Å². The van der Waals surface area contributed by atoms with Crippen LogP contribution in [0.1, 0.15) is 71.9 Å². The largest absolute Gasteiger partial charge is 0.478 e. The third kappa shape index (κ3) is 3.80. The molecule has 1 aliphatic rings. The summed E-state index contributed by atoms with van der Waals surface area (Å²) in [5, 5.41) is 9.37. The SMILES string of the molecule is Cc1ccc(C(=O)OC2CC(C)CCC2C(C)C)c(C)c1C(=O)O. The molecule has 1 aromatic carbocycles. The Kier molecular flexibility index (Phi) is 5.68. The zero-order chi connectivity index (χ0) is 18.0. The first-order valence-electron chi connectivity index (χ1n) is 8.76. The lowest BCUT2D eigenvalue weighted by Gasteiger charge is -2.36. The number of hydrogen-bond donors (Lipinski definition) is 1. The van der Waals surface area contributed by atoms with E-state index in [1.807, 2.05) is 0 Å². The van der Waals surface area contributed by atoms with Crippen molar-refractivity contribution < 1.29 is 19.4 Å². The van der Waals surface area contributed by atoms with Crippen LogP contribution in [0, 0.1) is 31.6 Å². The zero-order valence-electron chi connectivity index (χ0n) is 15.3. The lowest BCUT2D eigenvalue weighted by atomic mass is 9.75. The summed E-state index contributed by atoms with van der Waals surface area (Å²) in [5.74, 6) is -0.0314. The van der Waals surface area contributed by atoms with Crippen molar-refractivity contribution in [3.63, 3.8) is 0 Å². The summed E-state index contributed by atoms with van der Waals surface area (Å²) < 4.78 is 5.85. The highest BCUT2D eigenvalue weighted by Crippen LogP contribution is 2.36. The number of esters is 1. The molecule has 0 heterocycles. The van der Waals surface area contributed by atoms with Crippen LogP contribution in [-0.4, -0.2) is 23.1 Å². The van der Waals surface area contributed by atoms with Crippen LogP contribution in [0.25, 0.3) is 0 Å². The second kappa shape index (κ2) is 7.37. The smallest absolute Gasteiger partial charge is 0.338 e. The minimum absolute atomic E-state index is 0.0877. The number of aromatic carboxylic acids is 1. The molecule has 1 saturated carbocycles. The second-order valence-electron chi connectivity index (χ2n) is 7.51. The van der Waals surface area contributed by atoms with Gasteiger partial charge in [0.2, 0.25) is 0 Å². The highest BCUT2D eigenvalue weighted by molar-refractivity contribution is 5.98. The van der Waals surface area contributed by atoms with Crippen molar-refractivity contribution in [2.24, 2.45) is 17.8 Å². The van der Waals surface area contributed by atoms with E-state index in [1.165, 1.54) is 6.42 Å². The van der Waals surface area contributed by atoms with Crippen molar-refractivity contribution >= 4 is 11.9 Å². The van der Waals surface area contributed by atoms with Crippen LogP contribution in [0.5, 0.6) is 0 Å². The first kappa shape index (κ1) is 18.5. The Bertz CT molecular complexity index is 633. The molecule has 3 atom stereocenters. The molecule has 1 aliphatic carbocycles. The van der Waals surface area contributed by atoms with E-state index in [4.69, 9.17) is 4.74 Å². The molecule has 0 saturated heterocycles. The third-order valence-electron chi connectivity index (χ3n) is 5.33. The number of carboxylic acids is 1. The summed E-state index contributed by atoms with van der Waals surface area (Å²) in [4.78, 5) is 24.1. The van der Waals surface area contributed by atoms with Crippen LogP contribution < -0.4 is 0 Å². The molecule has 1 N–H and O–H groups in total. The molecular weight excluding hydrogens is 304 g/mol. The van der Waals surface area contributed by atoms with Gasteiger partial charge >= 0.3 is 11.9 Å². The van der Waals surface area contributed by atoms with Crippen LogP contribution in [-0.2, 0) is 4.74 Å². The van der Waals surface area contributed by atoms with Gasteiger partial charge in [-0.25, -0.2) is 9.59 Å². The number of carbonyl (C=O) groups is 2. The van der Waals surface area contributed by atoms with Gasteiger partial charge in [-0.3, -0.25) is 0 Å². The normalized spacial score (nSPS) is 24.0. The zero-order valence-corrected chi connectivity index (χ0v) is 15.3. The van der Waals surface area contributed by atoms with Gasteiger partial charge in [-0.1, -0.05) is 33.3 Å². The van der Waals surface area contributed by atoms with Gasteiger partial charge in [0.25, 0.3) is 0 Å². The Balaban J connectivity index is 2.26. The van der Waals surface area contributed by atoms with E-state index in [9.17, 15) is 14.7 Å². The highest BCUT2D eigenvalue weighted by atomic mass is 16.5. The van der Waals surface area contributed by atoms with Gasteiger partial charge < -0.3 is 9.84 Å². The van der Waals surface area contributed by atoms with E-state index < -0.39 is 11.9 Å². The number of carboxylic acid groups (broad SMARTS) is 1. The van der Waals surface area contributed by atoms with E-state index in [1.54, 1.807) is 26.0 Å². The number of carbonyl (C=O) groups excluding carboxylic acids is 1. The van der Waals surface area contributed by atoms with Crippen molar-refractivity contribution in [3.05, 3.63) is 34.4 Å². The maximum absolute atomic E-state index is 12.7. The number of ether oxygens (including phenoxy) is 1. The standard InChI is InChI=1S/C20H28O4/c1-11(2)15-8-6-12(3)10-17(15)24-20(23)16-9-7-13(4)18(14(16)5)19(21)22/h7,9,11-12,15,17H,6,8,10H2,1-5H3,(H,21,22). The number of hydrogen-bond acceptors (Lipinski definition) is 3. The van der Waals surface area contributed by atoms with E-state index in [0.717, 1.165) is 12.8 Å². The minimum atomic E-state index is -1.01. The quantitative estimate of drug-likeness (QED) is 0.817. The summed E-state index contributed by atoms with van der Waals surface area (Å²) in [6, 6.07) is 3.35. The number of benzene rings is 1. The van der Waals surface area contributed by atoms with Crippen molar-refractivity contribution in [2.45, 2.75) is 60.0 Å². The Morgan fingerprint density at radius 2 is 1.88 bits per heavy atom. The third-order valence-corrected chi connectivity index (χ3v) is 5.33. The summed E-state index contributed by atoms with van der Waals surface area (Å²) in [7, 11) is 0.